The molecule has 2 aromatic rings. The first-order valence-corrected chi connectivity index (χ1v) is 6.67. The van der Waals surface area contributed by atoms with E-state index >= 15 is 0 Å². The fourth-order valence-electron chi connectivity index (χ4n) is 2.55. The highest BCUT2D eigenvalue weighted by molar-refractivity contribution is 7.19. The Kier molecular flexibility index (Phi) is 2.28. The molecule has 0 nitrogen and oxygen atoms in total. The number of rotatable bonds is 0. The Bertz CT molecular complexity index is 493. The van der Waals surface area contributed by atoms with Crippen LogP contribution in [0.25, 0.3) is 10.1 Å². The zero-order valence-corrected chi connectivity index (χ0v) is 9.99. The lowest BCUT2D eigenvalue weighted by Crippen LogP contribution is -1.84. The summed E-state index contributed by atoms with van der Waals surface area (Å²) >= 11 is 2.02. The van der Waals surface area contributed by atoms with Crippen molar-refractivity contribution in [2.45, 2.75) is 39.0 Å². The highest BCUT2D eigenvalue weighted by atomic mass is 32.1. The standard InChI is InChI=1S/C14H16S/c1-10-7-8-14-12(9-10)11-5-3-2-4-6-13(11)15-14/h7-9H,2-6H2,1H3. The molecule has 15 heavy (non-hydrogen) atoms. The molecule has 0 unspecified atom stereocenters. The number of hydrogen-bond donors (Lipinski definition) is 0. The van der Waals surface area contributed by atoms with Gasteiger partial charge in [0.2, 0.25) is 0 Å². The SMILES string of the molecule is Cc1ccc2sc3c(c2c1)CCCCC3. The van der Waals surface area contributed by atoms with E-state index in [2.05, 4.69) is 25.1 Å². The molecular formula is C14H16S. The molecule has 1 aromatic carbocycles. The Hall–Kier alpha value is -0.820. The van der Waals surface area contributed by atoms with Gasteiger partial charge in [0, 0.05) is 9.58 Å². The van der Waals surface area contributed by atoms with Crippen LogP contribution in [0.2, 0.25) is 0 Å². The summed E-state index contributed by atoms with van der Waals surface area (Å²) < 4.78 is 1.49. The predicted octanol–water partition coefficient (Wildman–Crippen LogP) is 4.48. The molecule has 0 fully saturated rings. The summed E-state index contributed by atoms with van der Waals surface area (Å²) in [6.07, 6.45) is 6.80. The topological polar surface area (TPSA) is 0 Å². The zero-order chi connectivity index (χ0) is 10.3. The Balaban J connectivity index is 2.24. The molecular weight excluding hydrogens is 200 g/mol. The molecule has 0 aliphatic heterocycles. The number of hydrogen-bond acceptors (Lipinski definition) is 1. The van der Waals surface area contributed by atoms with Crippen molar-refractivity contribution in [3.63, 3.8) is 0 Å². The van der Waals surface area contributed by atoms with Crippen molar-refractivity contribution in [2.75, 3.05) is 0 Å². The molecule has 78 valence electrons. The number of thiophene rings is 1. The minimum atomic E-state index is 1.30. The molecule has 0 saturated heterocycles. The maximum absolute atomic E-state index is 2.37. The van der Waals surface area contributed by atoms with Crippen molar-refractivity contribution in [3.8, 4) is 0 Å². The van der Waals surface area contributed by atoms with Crippen LogP contribution in [0.1, 0.15) is 35.3 Å². The van der Waals surface area contributed by atoms with Gasteiger partial charge in [0.15, 0.2) is 0 Å². The van der Waals surface area contributed by atoms with Gasteiger partial charge in [0.05, 0.1) is 0 Å². The zero-order valence-electron chi connectivity index (χ0n) is 9.18. The van der Waals surface area contributed by atoms with Crippen LogP contribution >= 0.6 is 11.3 Å². The summed E-state index contributed by atoms with van der Waals surface area (Å²) in [5.74, 6) is 0. The second-order valence-electron chi connectivity index (χ2n) is 4.56. The van der Waals surface area contributed by atoms with Crippen LogP contribution in [0.15, 0.2) is 18.2 Å². The fraction of sp³-hybridized carbons (Fsp3) is 0.429. The van der Waals surface area contributed by atoms with Crippen LogP contribution in [0.5, 0.6) is 0 Å². The van der Waals surface area contributed by atoms with Gasteiger partial charge in [-0.3, -0.25) is 0 Å². The average molecular weight is 216 g/mol. The van der Waals surface area contributed by atoms with E-state index in [9.17, 15) is 0 Å². The molecule has 0 spiro atoms. The van der Waals surface area contributed by atoms with Gasteiger partial charge < -0.3 is 0 Å². The van der Waals surface area contributed by atoms with Crippen LogP contribution in [-0.4, -0.2) is 0 Å². The predicted molar refractivity (Wildman–Crippen MR) is 67.8 cm³/mol. The average Bonchev–Trinajstić information content (AvgIpc) is 2.44. The maximum atomic E-state index is 2.37. The van der Waals surface area contributed by atoms with Crippen LogP contribution in [0, 0.1) is 6.92 Å². The largest absolute Gasteiger partial charge is 0.140 e. The van der Waals surface area contributed by atoms with E-state index in [1.807, 2.05) is 11.3 Å². The van der Waals surface area contributed by atoms with Gasteiger partial charge in [-0.05, 0) is 49.6 Å². The molecule has 1 heteroatoms. The third-order valence-corrected chi connectivity index (χ3v) is 4.63. The van der Waals surface area contributed by atoms with Crippen molar-refractivity contribution in [3.05, 3.63) is 34.2 Å². The van der Waals surface area contributed by atoms with Gasteiger partial charge in [0.25, 0.3) is 0 Å². The summed E-state index contributed by atoms with van der Waals surface area (Å²) in [6.45, 7) is 2.19. The van der Waals surface area contributed by atoms with Crippen molar-refractivity contribution < 1.29 is 0 Å². The van der Waals surface area contributed by atoms with Crippen molar-refractivity contribution in [1.82, 2.24) is 0 Å². The van der Waals surface area contributed by atoms with Gasteiger partial charge in [-0.25, -0.2) is 0 Å². The minimum Gasteiger partial charge on any atom is -0.140 e. The second-order valence-corrected chi connectivity index (χ2v) is 5.70. The summed E-state index contributed by atoms with van der Waals surface area (Å²) in [5, 5.41) is 1.54. The Morgan fingerprint density at radius 1 is 1.07 bits per heavy atom. The Morgan fingerprint density at radius 2 is 1.93 bits per heavy atom. The fourth-order valence-corrected chi connectivity index (χ4v) is 3.83. The van der Waals surface area contributed by atoms with E-state index in [1.54, 1.807) is 10.4 Å². The third kappa shape index (κ3) is 1.59. The van der Waals surface area contributed by atoms with E-state index in [0.717, 1.165) is 0 Å². The van der Waals surface area contributed by atoms with E-state index in [0.29, 0.717) is 0 Å². The normalized spacial score (nSPS) is 16.3. The lowest BCUT2D eigenvalue weighted by atomic mass is 10.0. The Morgan fingerprint density at radius 3 is 2.87 bits per heavy atom. The third-order valence-electron chi connectivity index (χ3n) is 3.36. The van der Waals surface area contributed by atoms with E-state index < -0.39 is 0 Å². The van der Waals surface area contributed by atoms with Gasteiger partial charge in [-0.15, -0.1) is 11.3 Å². The molecule has 0 atom stereocenters. The minimum absolute atomic E-state index is 1.30. The lowest BCUT2D eigenvalue weighted by Gasteiger charge is -1.99. The quantitative estimate of drug-likeness (QED) is 0.570. The first-order chi connectivity index (χ1) is 7.34. The van der Waals surface area contributed by atoms with Crippen molar-refractivity contribution >= 4 is 21.4 Å². The van der Waals surface area contributed by atoms with Crippen LogP contribution in [-0.2, 0) is 12.8 Å². The first-order valence-electron chi connectivity index (χ1n) is 5.85. The van der Waals surface area contributed by atoms with E-state index in [-0.39, 0.29) is 0 Å². The molecule has 0 N–H and O–H groups in total. The summed E-state index contributed by atoms with van der Waals surface area (Å²) in [5.41, 5.74) is 3.06. The number of benzene rings is 1. The molecule has 1 heterocycles. The van der Waals surface area contributed by atoms with Crippen LogP contribution in [0.3, 0.4) is 0 Å². The molecule has 1 aliphatic carbocycles. The summed E-state index contributed by atoms with van der Waals surface area (Å²) in [4.78, 5) is 1.66. The van der Waals surface area contributed by atoms with E-state index in [4.69, 9.17) is 0 Å². The Labute approximate surface area is 94.9 Å². The van der Waals surface area contributed by atoms with E-state index in [1.165, 1.54) is 47.8 Å². The molecule has 0 amide bonds. The number of aryl methyl sites for hydroxylation is 3. The molecule has 0 radical (unpaired) electrons. The number of fused-ring (bicyclic) bond motifs is 3. The van der Waals surface area contributed by atoms with Crippen molar-refractivity contribution in [2.24, 2.45) is 0 Å². The van der Waals surface area contributed by atoms with Gasteiger partial charge in [-0.1, -0.05) is 24.1 Å². The highest BCUT2D eigenvalue weighted by Crippen LogP contribution is 2.35. The van der Waals surface area contributed by atoms with Crippen molar-refractivity contribution in [1.29, 1.82) is 0 Å². The first kappa shape index (κ1) is 9.41. The smallest absolute Gasteiger partial charge is 0.0348 e. The van der Waals surface area contributed by atoms with Gasteiger partial charge >= 0.3 is 0 Å². The van der Waals surface area contributed by atoms with Crippen LogP contribution in [0.4, 0.5) is 0 Å². The summed E-state index contributed by atoms with van der Waals surface area (Å²) in [7, 11) is 0. The second kappa shape index (κ2) is 3.64. The maximum Gasteiger partial charge on any atom is 0.0348 e. The van der Waals surface area contributed by atoms with Crippen LogP contribution < -0.4 is 0 Å². The molecule has 1 aromatic heterocycles. The molecule has 3 rings (SSSR count). The highest BCUT2D eigenvalue weighted by Gasteiger charge is 2.14. The van der Waals surface area contributed by atoms with Gasteiger partial charge in [-0.2, -0.15) is 0 Å². The molecule has 1 aliphatic rings. The molecule has 0 saturated carbocycles. The summed E-state index contributed by atoms with van der Waals surface area (Å²) in [6, 6.07) is 6.90. The van der Waals surface area contributed by atoms with Gasteiger partial charge in [0.1, 0.15) is 0 Å². The molecule has 0 bridgehead atoms. The lowest BCUT2D eigenvalue weighted by molar-refractivity contribution is 0.713. The monoisotopic (exact) mass is 216 g/mol.